The van der Waals surface area contributed by atoms with E-state index in [4.69, 9.17) is 0 Å². The van der Waals surface area contributed by atoms with Gasteiger partial charge in [-0.25, -0.2) is 4.98 Å². The Balaban J connectivity index is 2.05. The standard InChI is InChI=1S/C12H12BrN3/c1-9-6-11(13)12(15-7-9)16-8-10-4-2-3-5-14-10/h2-7H,8H2,1H3,(H,15,16). The number of hydrogen-bond acceptors (Lipinski definition) is 3. The molecule has 0 saturated carbocycles. The van der Waals surface area contributed by atoms with E-state index in [1.165, 1.54) is 0 Å². The van der Waals surface area contributed by atoms with Crippen LogP contribution in [0.5, 0.6) is 0 Å². The van der Waals surface area contributed by atoms with Gasteiger partial charge in [0.05, 0.1) is 16.7 Å². The Kier molecular flexibility index (Phi) is 3.51. The molecule has 0 aliphatic carbocycles. The van der Waals surface area contributed by atoms with Gasteiger partial charge in [-0.2, -0.15) is 0 Å². The van der Waals surface area contributed by atoms with Crippen molar-refractivity contribution in [1.29, 1.82) is 0 Å². The summed E-state index contributed by atoms with van der Waals surface area (Å²) in [6.07, 6.45) is 3.63. The number of pyridine rings is 2. The van der Waals surface area contributed by atoms with Crippen LogP contribution in [0.1, 0.15) is 11.3 Å². The molecule has 0 amide bonds. The van der Waals surface area contributed by atoms with Crippen molar-refractivity contribution in [1.82, 2.24) is 9.97 Å². The number of hydrogen-bond donors (Lipinski definition) is 1. The van der Waals surface area contributed by atoms with E-state index >= 15 is 0 Å². The molecule has 0 atom stereocenters. The Hall–Kier alpha value is -1.42. The van der Waals surface area contributed by atoms with Crippen molar-refractivity contribution in [2.75, 3.05) is 5.32 Å². The molecule has 2 aromatic heterocycles. The second-order valence-corrected chi connectivity index (χ2v) is 4.37. The summed E-state index contributed by atoms with van der Waals surface area (Å²) in [4.78, 5) is 8.54. The molecule has 0 fully saturated rings. The third-order valence-corrected chi connectivity index (χ3v) is 2.75. The van der Waals surface area contributed by atoms with Crippen LogP contribution in [0.4, 0.5) is 5.82 Å². The molecule has 2 heterocycles. The molecule has 2 rings (SSSR count). The zero-order valence-electron chi connectivity index (χ0n) is 8.94. The molecule has 3 nitrogen and oxygen atoms in total. The fourth-order valence-corrected chi connectivity index (χ4v) is 1.94. The fourth-order valence-electron chi connectivity index (χ4n) is 1.34. The number of rotatable bonds is 3. The van der Waals surface area contributed by atoms with Gasteiger partial charge in [-0.05, 0) is 46.6 Å². The lowest BCUT2D eigenvalue weighted by molar-refractivity contribution is 1.02. The maximum Gasteiger partial charge on any atom is 0.140 e. The Labute approximate surface area is 103 Å². The fraction of sp³-hybridized carbons (Fsp3) is 0.167. The molecule has 0 unspecified atom stereocenters. The maximum atomic E-state index is 4.31. The summed E-state index contributed by atoms with van der Waals surface area (Å²) >= 11 is 3.48. The van der Waals surface area contributed by atoms with E-state index in [0.717, 1.165) is 21.5 Å². The maximum absolute atomic E-state index is 4.31. The Morgan fingerprint density at radius 1 is 1.31 bits per heavy atom. The number of aromatic nitrogens is 2. The molecule has 0 aromatic carbocycles. The lowest BCUT2D eigenvalue weighted by Gasteiger charge is -2.07. The van der Waals surface area contributed by atoms with E-state index in [9.17, 15) is 0 Å². The third-order valence-electron chi connectivity index (χ3n) is 2.14. The van der Waals surface area contributed by atoms with Gasteiger partial charge in [0.2, 0.25) is 0 Å². The summed E-state index contributed by atoms with van der Waals surface area (Å²) in [6.45, 7) is 2.69. The first-order valence-electron chi connectivity index (χ1n) is 5.01. The summed E-state index contributed by atoms with van der Waals surface area (Å²) in [5, 5.41) is 3.24. The van der Waals surface area contributed by atoms with Crippen LogP contribution in [0.3, 0.4) is 0 Å². The molecule has 0 spiro atoms. The molecule has 1 N–H and O–H groups in total. The third kappa shape index (κ3) is 2.79. The van der Waals surface area contributed by atoms with Crippen LogP contribution in [0.25, 0.3) is 0 Å². The van der Waals surface area contributed by atoms with Gasteiger partial charge in [0.1, 0.15) is 5.82 Å². The molecule has 2 aromatic rings. The topological polar surface area (TPSA) is 37.8 Å². The van der Waals surface area contributed by atoms with Gasteiger partial charge in [-0.3, -0.25) is 4.98 Å². The summed E-state index contributed by atoms with van der Waals surface area (Å²) < 4.78 is 0.975. The first kappa shape index (κ1) is 11.1. The van der Waals surface area contributed by atoms with E-state index in [-0.39, 0.29) is 0 Å². The first-order valence-corrected chi connectivity index (χ1v) is 5.81. The normalized spacial score (nSPS) is 10.1. The largest absolute Gasteiger partial charge is 0.363 e. The SMILES string of the molecule is Cc1cnc(NCc2ccccn2)c(Br)c1. The van der Waals surface area contributed by atoms with Crippen LogP contribution >= 0.6 is 15.9 Å². The van der Waals surface area contributed by atoms with Crippen molar-refractivity contribution in [3.63, 3.8) is 0 Å². The van der Waals surface area contributed by atoms with Crippen LogP contribution in [-0.2, 0) is 6.54 Å². The van der Waals surface area contributed by atoms with E-state index in [1.807, 2.05) is 37.4 Å². The minimum absolute atomic E-state index is 0.676. The number of anilines is 1. The molecule has 4 heteroatoms. The lowest BCUT2D eigenvalue weighted by Crippen LogP contribution is -2.03. The molecule has 0 radical (unpaired) electrons. The highest BCUT2D eigenvalue weighted by Gasteiger charge is 2.01. The van der Waals surface area contributed by atoms with Crippen molar-refractivity contribution in [3.8, 4) is 0 Å². The Morgan fingerprint density at radius 3 is 2.88 bits per heavy atom. The smallest absolute Gasteiger partial charge is 0.140 e. The molecule has 16 heavy (non-hydrogen) atoms. The molecule has 0 aliphatic heterocycles. The Bertz CT molecular complexity index is 471. The molecular weight excluding hydrogens is 266 g/mol. The average molecular weight is 278 g/mol. The van der Waals surface area contributed by atoms with Crippen molar-refractivity contribution < 1.29 is 0 Å². The predicted octanol–water partition coefficient (Wildman–Crippen LogP) is 3.16. The van der Waals surface area contributed by atoms with Crippen molar-refractivity contribution in [3.05, 3.63) is 52.4 Å². The van der Waals surface area contributed by atoms with Gasteiger partial charge in [-0.1, -0.05) is 6.07 Å². The minimum Gasteiger partial charge on any atom is -0.363 e. The van der Waals surface area contributed by atoms with Crippen LogP contribution in [-0.4, -0.2) is 9.97 Å². The summed E-state index contributed by atoms with van der Waals surface area (Å²) in [6, 6.07) is 7.90. The predicted molar refractivity (Wildman–Crippen MR) is 68.2 cm³/mol. The minimum atomic E-state index is 0.676. The summed E-state index contributed by atoms with van der Waals surface area (Å²) in [5.74, 6) is 0.844. The van der Waals surface area contributed by atoms with Gasteiger partial charge >= 0.3 is 0 Å². The van der Waals surface area contributed by atoms with E-state index < -0.39 is 0 Å². The second kappa shape index (κ2) is 5.07. The van der Waals surface area contributed by atoms with Crippen LogP contribution in [0.2, 0.25) is 0 Å². The number of aryl methyl sites for hydroxylation is 1. The molecule has 0 saturated heterocycles. The van der Waals surface area contributed by atoms with E-state index in [1.54, 1.807) is 6.20 Å². The molecular formula is C12H12BrN3. The highest BCUT2D eigenvalue weighted by atomic mass is 79.9. The monoisotopic (exact) mass is 277 g/mol. The van der Waals surface area contributed by atoms with Crippen molar-refractivity contribution in [2.24, 2.45) is 0 Å². The highest BCUT2D eigenvalue weighted by Crippen LogP contribution is 2.20. The zero-order chi connectivity index (χ0) is 11.4. The van der Waals surface area contributed by atoms with Crippen LogP contribution < -0.4 is 5.32 Å². The van der Waals surface area contributed by atoms with Crippen LogP contribution in [0.15, 0.2) is 41.1 Å². The van der Waals surface area contributed by atoms with Gasteiger partial charge < -0.3 is 5.32 Å². The van der Waals surface area contributed by atoms with Gasteiger partial charge in [0, 0.05) is 12.4 Å². The lowest BCUT2D eigenvalue weighted by atomic mass is 10.3. The van der Waals surface area contributed by atoms with E-state index in [0.29, 0.717) is 6.54 Å². The summed E-state index contributed by atoms with van der Waals surface area (Å²) in [5.41, 5.74) is 2.13. The average Bonchev–Trinajstić information content (AvgIpc) is 2.29. The second-order valence-electron chi connectivity index (χ2n) is 3.52. The van der Waals surface area contributed by atoms with Crippen molar-refractivity contribution >= 4 is 21.7 Å². The first-order chi connectivity index (χ1) is 7.75. The quantitative estimate of drug-likeness (QED) is 0.937. The molecule has 0 aliphatic rings. The van der Waals surface area contributed by atoms with Gasteiger partial charge in [0.15, 0.2) is 0 Å². The van der Waals surface area contributed by atoms with E-state index in [2.05, 4.69) is 31.2 Å². The van der Waals surface area contributed by atoms with Crippen LogP contribution in [0, 0.1) is 6.92 Å². The molecule has 0 bridgehead atoms. The number of nitrogens with one attached hydrogen (secondary N) is 1. The zero-order valence-corrected chi connectivity index (χ0v) is 10.5. The number of nitrogens with zero attached hydrogens (tertiary/aromatic N) is 2. The molecule has 82 valence electrons. The van der Waals surface area contributed by atoms with Gasteiger partial charge in [0.25, 0.3) is 0 Å². The highest BCUT2D eigenvalue weighted by molar-refractivity contribution is 9.10. The number of halogens is 1. The summed E-state index contributed by atoms with van der Waals surface area (Å²) in [7, 11) is 0. The Morgan fingerprint density at radius 2 is 2.19 bits per heavy atom. The van der Waals surface area contributed by atoms with Crippen molar-refractivity contribution in [2.45, 2.75) is 13.5 Å². The van der Waals surface area contributed by atoms with Gasteiger partial charge in [-0.15, -0.1) is 0 Å².